The number of hydrogen-bond acceptors (Lipinski definition) is 2. The molecule has 1 fully saturated rings. The Bertz CT molecular complexity index is 181. The molecular weight excluding hydrogens is 166 g/mol. The Morgan fingerprint density at radius 3 is 3.00 bits per heavy atom. The molecule has 68 valence electrons. The van der Waals surface area contributed by atoms with E-state index in [4.69, 9.17) is 6.42 Å². The van der Waals surface area contributed by atoms with Gasteiger partial charge in [0.05, 0.1) is 6.54 Å². The van der Waals surface area contributed by atoms with Crippen LogP contribution in [0.3, 0.4) is 0 Å². The Hall–Kier alpha value is -0.130. The van der Waals surface area contributed by atoms with Gasteiger partial charge < -0.3 is 5.32 Å². The van der Waals surface area contributed by atoms with E-state index in [1.54, 1.807) is 0 Å². The number of nitrogens with one attached hydrogen (secondary N) is 1. The molecule has 0 bridgehead atoms. The van der Waals surface area contributed by atoms with Crippen LogP contribution in [0.5, 0.6) is 0 Å². The van der Waals surface area contributed by atoms with Crippen LogP contribution in [0, 0.1) is 17.8 Å². The number of thioether (sulfide) groups is 1. The van der Waals surface area contributed by atoms with Crippen molar-refractivity contribution < 1.29 is 0 Å². The number of hydrogen-bond donors (Lipinski definition) is 1. The molecule has 1 atom stereocenters. The third kappa shape index (κ3) is 2.43. The summed E-state index contributed by atoms with van der Waals surface area (Å²) in [4.78, 5) is 0. The summed E-state index contributed by atoms with van der Waals surface area (Å²) >= 11 is 2.02. The highest BCUT2D eigenvalue weighted by molar-refractivity contribution is 7.99. The van der Waals surface area contributed by atoms with Crippen LogP contribution in [0.4, 0.5) is 0 Å². The van der Waals surface area contributed by atoms with Crippen LogP contribution in [0.25, 0.3) is 0 Å². The van der Waals surface area contributed by atoms with Crippen LogP contribution in [-0.2, 0) is 0 Å². The van der Waals surface area contributed by atoms with Gasteiger partial charge in [0.1, 0.15) is 0 Å². The van der Waals surface area contributed by atoms with Gasteiger partial charge in [0.15, 0.2) is 0 Å². The Morgan fingerprint density at radius 2 is 2.42 bits per heavy atom. The Balaban J connectivity index is 2.44. The van der Waals surface area contributed by atoms with Gasteiger partial charge in [-0.1, -0.05) is 19.8 Å². The van der Waals surface area contributed by atoms with E-state index in [-0.39, 0.29) is 0 Å². The molecule has 1 N–H and O–H groups in total. The van der Waals surface area contributed by atoms with Crippen molar-refractivity contribution >= 4 is 11.8 Å². The minimum Gasteiger partial charge on any atom is -0.302 e. The van der Waals surface area contributed by atoms with E-state index in [1.807, 2.05) is 11.8 Å². The third-order valence-corrected chi connectivity index (χ3v) is 3.63. The predicted molar refractivity (Wildman–Crippen MR) is 56.3 cm³/mol. The molecular formula is C10H17NS. The molecule has 1 nitrogen and oxygen atoms in total. The normalized spacial score (nSPS) is 27.9. The van der Waals surface area contributed by atoms with Crippen molar-refractivity contribution in [1.82, 2.24) is 5.32 Å². The molecule has 1 aliphatic heterocycles. The van der Waals surface area contributed by atoms with Gasteiger partial charge in [0, 0.05) is 11.8 Å². The first kappa shape index (κ1) is 9.95. The first-order chi connectivity index (χ1) is 5.67. The number of terminal acetylenes is 1. The zero-order chi connectivity index (χ0) is 9.03. The van der Waals surface area contributed by atoms with Gasteiger partial charge in [-0.25, -0.2) is 0 Å². The van der Waals surface area contributed by atoms with Gasteiger partial charge in [-0.2, -0.15) is 11.8 Å². The summed E-state index contributed by atoms with van der Waals surface area (Å²) in [6.07, 6.45) is 6.51. The Kier molecular flexibility index (Phi) is 3.49. The van der Waals surface area contributed by atoms with Crippen molar-refractivity contribution in [3.63, 3.8) is 0 Å². The molecule has 0 radical (unpaired) electrons. The molecule has 0 aromatic heterocycles. The average molecular weight is 183 g/mol. The SMILES string of the molecule is C#CCNC1CSCCC1(C)C. The van der Waals surface area contributed by atoms with Crippen LogP contribution in [0.15, 0.2) is 0 Å². The summed E-state index contributed by atoms with van der Waals surface area (Å²) in [5, 5.41) is 3.40. The Morgan fingerprint density at radius 1 is 1.67 bits per heavy atom. The molecule has 1 rings (SSSR count). The van der Waals surface area contributed by atoms with E-state index in [0.717, 1.165) is 0 Å². The number of rotatable bonds is 2. The van der Waals surface area contributed by atoms with Crippen LogP contribution in [-0.4, -0.2) is 24.1 Å². The lowest BCUT2D eigenvalue weighted by Crippen LogP contribution is -2.46. The van der Waals surface area contributed by atoms with Crippen molar-refractivity contribution in [3.05, 3.63) is 0 Å². The Labute approximate surface area is 79.7 Å². The molecule has 0 aromatic carbocycles. The maximum atomic E-state index is 5.21. The molecule has 0 aromatic rings. The van der Waals surface area contributed by atoms with E-state index < -0.39 is 0 Å². The average Bonchev–Trinajstić information content (AvgIpc) is 2.02. The van der Waals surface area contributed by atoms with Crippen molar-refractivity contribution in [3.8, 4) is 12.3 Å². The van der Waals surface area contributed by atoms with E-state index >= 15 is 0 Å². The van der Waals surface area contributed by atoms with Gasteiger partial charge in [-0.3, -0.25) is 0 Å². The van der Waals surface area contributed by atoms with Gasteiger partial charge in [0.25, 0.3) is 0 Å². The summed E-state index contributed by atoms with van der Waals surface area (Å²) in [5.41, 5.74) is 0.419. The lowest BCUT2D eigenvalue weighted by atomic mass is 9.82. The largest absolute Gasteiger partial charge is 0.302 e. The second-order valence-electron chi connectivity index (χ2n) is 3.95. The summed E-state index contributed by atoms with van der Waals surface area (Å²) in [5.74, 6) is 5.13. The fourth-order valence-electron chi connectivity index (χ4n) is 1.45. The fraction of sp³-hybridized carbons (Fsp3) is 0.800. The molecule has 0 saturated carbocycles. The lowest BCUT2D eigenvalue weighted by molar-refractivity contribution is 0.253. The molecule has 1 heterocycles. The second kappa shape index (κ2) is 4.20. The van der Waals surface area contributed by atoms with Gasteiger partial charge in [0.2, 0.25) is 0 Å². The molecule has 1 saturated heterocycles. The van der Waals surface area contributed by atoms with Crippen LogP contribution in [0.1, 0.15) is 20.3 Å². The smallest absolute Gasteiger partial charge is 0.0576 e. The highest BCUT2D eigenvalue weighted by Crippen LogP contribution is 2.33. The molecule has 1 unspecified atom stereocenters. The molecule has 1 aliphatic rings. The molecule has 0 spiro atoms. The maximum Gasteiger partial charge on any atom is 0.0576 e. The van der Waals surface area contributed by atoms with Crippen LogP contribution >= 0.6 is 11.8 Å². The third-order valence-electron chi connectivity index (χ3n) is 2.57. The standard InChI is InChI=1S/C10H17NS/c1-4-6-11-9-8-12-7-5-10(9,2)3/h1,9,11H,5-8H2,2-3H3. The van der Waals surface area contributed by atoms with Gasteiger partial charge >= 0.3 is 0 Å². The summed E-state index contributed by atoms with van der Waals surface area (Å²) in [7, 11) is 0. The van der Waals surface area contributed by atoms with E-state index in [0.29, 0.717) is 18.0 Å². The van der Waals surface area contributed by atoms with Gasteiger partial charge in [-0.15, -0.1) is 6.42 Å². The molecule has 0 aliphatic carbocycles. The van der Waals surface area contributed by atoms with Crippen molar-refractivity contribution in [2.75, 3.05) is 18.1 Å². The molecule has 12 heavy (non-hydrogen) atoms. The summed E-state index contributed by atoms with van der Waals surface area (Å²) in [6.45, 7) is 5.34. The monoisotopic (exact) mass is 183 g/mol. The highest BCUT2D eigenvalue weighted by atomic mass is 32.2. The molecule has 0 amide bonds. The van der Waals surface area contributed by atoms with Crippen molar-refractivity contribution in [1.29, 1.82) is 0 Å². The van der Waals surface area contributed by atoms with Crippen molar-refractivity contribution in [2.45, 2.75) is 26.3 Å². The fourth-order valence-corrected chi connectivity index (χ4v) is 3.10. The minimum atomic E-state index is 0.419. The predicted octanol–water partition coefficient (Wildman–Crippen LogP) is 1.74. The molecule has 2 heteroatoms. The lowest BCUT2D eigenvalue weighted by Gasteiger charge is -2.38. The van der Waals surface area contributed by atoms with E-state index in [1.165, 1.54) is 17.9 Å². The van der Waals surface area contributed by atoms with Gasteiger partial charge in [-0.05, 0) is 17.6 Å². The minimum absolute atomic E-state index is 0.419. The second-order valence-corrected chi connectivity index (χ2v) is 5.10. The summed E-state index contributed by atoms with van der Waals surface area (Å²) < 4.78 is 0. The van der Waals surface area contributed by atoms with E-state index in [2.05, 4.69) is 25.1 Å². The van der Waals surface area contributed by atoms with Crippen molar-refractivity contribution in [2.24, 2.45) is 5.41 Å². The van der Waals surface area contributed by atoms with Crippen LogP contribution in [0.2, 0.25) is 0 Å². The highest BCUT2D eigenvalue weighted by Gasteiger charge is 2.31. The van der Waals surface area contributed by atoms with Crippen LogP contribution < -0.4 is 5.32 Å². The zero-order valence-electron chi connectivity index (χ0n) is 7.89. The first-order valence-electron chi connectivity index (χ1n) is 4.41. The quantitative estimate of drug-likeness (QED) is 0.655. The maximum absolute atomic E-state index is 5.21. The zero-order valence-corrected chi connectivity index (χ0v) is 8.71. The van der Waals surface area contributed by atoms with E-state index in [9.17, 15) is 0 Å². The first-order valence-corrected chi connectivity index (χ1v) is 5.57. The summed E-state index contributed by atoms with van der Waals surface area (Å²) in [6, 6.07) is 0.590. The topological polar surface area (TPSA) is 12.0 Å².